The summed E-state index contributed by atoms with van der Waals surface area (Å²) < 4.78 is 3.83. The maximum Gasteiger partial charge on any atom is 0.325 e. The molecule has 4 heteroatoms. The van der Waals surface area contributed by atoms with Crippen molar-refractivity contribution < 1.29 is 14.6 Å². The smallest absolute Gasteiger partial charge is 0.325 e. The first-order valence-electron chi connectivity index (χ1n) is 4.38. The Bertz CT molecular complexity index is 178. The van der Waals surface area contributed by atoms with E-state index in [-0.39, 0.29) is 5.92 Å². The fourth-order valence-electron chi connectivity index (χ4n) is 1.02. The third-order valence-electron chi connectivity index (χ3n) is 1.86. The van der Waals surface area contributed by atoms with E-state index in [9.17, 15) is 9.90 Å². The second-order valence-corrected chi connectivity index (χ2v) is 5.13. The number of carbonyl (C=O) groups is 1. The van der Waals surface area contributed by atoms with Crippen LogP contribution in [0.5, 0.6) is 0 Å². The number of alkyl halides is 1. The molecule has 0 amide bonds. The van der Waals surface area contributed by atoms with E-state index >= 15 is 0 Å². The maximum absolute atomic E-state index is 11.4. The number of carbonyl (C=O) groups excluding carboxylic acids is 1. The first kappa shape index (κ1) is 12.9. The van der Waals surface area contributed by atoms with Crippen LogP contribution in [0.1, 0.15) is 27.7 Å². The van der Waals surface area contributed by atoms with E-state index in [0.29, 0.717) is 6.61 Å². The summed E-state index contributed by atoms with van der Waals surface area (Å²) in [6, 6.07) is 0. The van der Waals surface area contributed by atoms with Gasteiger partial charge in [-0.25, -0.2) is 0 Å². The highest BCUT2D eigenvalue weighted by Crippen LogP contribution is 2.28. The summed E-state index contributed by atoms with van der Waals surface area (Å²) in [7, 11) is 0. The van der Waals surface area contributed by atoms with Crippen molar-refractivity contribution in [2.24, 2.45) is 5.92 Å². The Hall–Kier alpha value is -0.0900. The molecule has 3 nitrogen and oxygen atoms in total. The van der Waals surface area contributed by atoms with Crippen molar-refractivity contribution in [3.05, 3.63) is 0 Å². The topological polar surface area (TPSA) is 46.5 Å². The monoisotopic (exact) mass is 252 g/mol. The molecule has 1 N–H and O–H groups in total. The highest BCUT2D eigenvalue weighted by molar-refractivity contribution is 9.10. The third kappa shape index (κ3) is 3.27. The molecule has 0 heterocycles. The summed E-state index contributed by atoms with van der Waals surface area (Å²) in [6.45, 7) is 7.38. The van der Waals surface area contributed by atoms with Crippen molar-refractivity contribution >= 4 is 21.9 Å². The van der Waals surface area contributed by atoms with Crippen molar-refractivity contribution in [1.82, 2.24) is 0 Å². The van der Waals surface area contributed by atoms with Gasteiger partial charge in [-0.15, -0.1) is 0 Å². The van der Waals surface area contributed by atoms with Crippen LogP contribution in [0.4, 0.5) is 0 Å². The van der Waals surface area contributed by atoms with Crippen molar-refractivity contribution in [2.75, 3.05) is 6.61 Å². The molecule has 0 aromatic heterocycles. The Morgan fingerprint density at radius 2 is 2.08 bits per heavy atom. The van der Waals surface area contributed by atoms with Crippen LogP contribution in [0.25, 0.3) is 0 Å². The van der Waals surface area contributed by atoms with Crippen LogP contribution in [0.15, 0.2) is 0 Å². The van der Waals surface area contributed by atoms with Gasteiger partial charge in [-0.3, -0.25) is 4.79 Å². The van der Waals surface area contributed by atoms with E-state index in [1.165, 1.54) is 0 Å². The molecular weight excluding hydrogens is 236 g/mol. The van der Waals surface area contributed by atoms with Gasteiger partial charge in [0.25, 0.3) is 0 Å². The Balaban J connectivity index is 4.45. The predicted octanol–water partition coefficient (Wildman–Crippen LogP) is 1.72. The molecule has 0 aliphatic rings. The molecule has 0 unspecified atom stereocenters. The zero-order valence-electron chi connectivity index (χ0n) is 8.50. The molecule has 0 aromatic carbocycles. The molecule has 0 spiro atoms. The van der Waals surface area contributed by atoms with Gasteiger partial charge in [-0.2, -0.15) is 0 Å². The largest absolute Gasteiger partial charge is 0.465 e. The first-order chi connectivity index (χ1) is 5.84. The van der Waals surface area contributed by atoms with Gasteiger partial charge in [0.2, 0.25) is 0 Å². The highest BCUT2D eigenvalue weighted by Gasteiger charge is 2.40. The average molecular weight is 253 g/mol. The minimum atomic E-state index is -1.00. The Labute approximate surface area is 87.6 Å². The zero-order chi connectivity index (χ0) is 10.6. The second-order valence-electron chi connectivity index (χ2n) is 3.48. The number of halogens is 1. The zero-order valence-corrected chi connectivity index (χ0v) is 10.1. The summed E-state index contributed by atoms with van der Waals surface area (Å²) in [5.41, 5.74) is 0. The van der Waals surface area contributed by atoms with Crippen molar-refractivity contribution in [3.63, 3.8) is 0 Å². The summed E-state index contributed by atoms with van der Waals surface area (Å²) >= 11 is 3.19. The van der Waals surface area contributed by atoms with Crippen molar-refractivity contribution in [1.29, 1.82) is 0 Å². The van der Waals surface area contributed by atoms with E-state index in [1.807, 2.05) is 13.8 Å². The Morgan fingerprint density at radius 1 is 1.62 bits per heavy atom. The molecule has 0 rings (SSSR count). The van der Waals surface area contributed by atoms with Gasteiger partial charge in [-0.05, 0) is 19.8 Å². The lowest BCUT2D eigenvalue weighted by Gasteiger charge is -2.28. The molecule has 0 saturated carbocycles. The van der Waals surface area contributed by atoms with Crippen molar-refractivity contribution in [2.45, 2.75) is 38.1 Å². The summed E-state index contributed by atoms with van der Waals surface area (Å²) in [4.78, 5) is 11.4. The van der Waals surface area contributed by atoms with E-state index in [2.05, 4.69) is 15.9 Å². The molecule has 0 aromatic rings. The normalized spacial score (nSPS) is 18.1. The number of ether oxygens (including phenoxy) is 1. The number of aliphatic hydroxyl groups excluding tert-OH is 1. The lowest BCUT2D eigenvalue weighted by molar-refractivity contribution is -0.149. The van der Waals surface area contributed by atoms with Crippen LogP contribution in [-0.4, -0.2) is 28.1 Å². The van der Waals surface area contributed by atoms with Crippen LogP contribution in [-0.2, 0) is 9.53 Å². The lowest BCUT2D eigenvalue weighted by atomic mass is 9.95. The summed E-state index contributed by atoms with van der Waals surface area (Å²) in [6.07, 6.45) is -0.744. The molecule has 0 aliphatic carbocycles. The van der Waals surface area contributed by atoms with E-state index < -0.39 is 16.4 Å². The molecule has 0 fully saturated rings. The van der Waals surface area contributed by atoms with Gasteiger partial charge < -0.3 is 9.84 Å². The quantitative estimate of drug-likeness (QED) is 0.613. The predicted molar refractivity (Wildman–Crippen MR) is 54.8 cm³/mol. The molecule has 0 bridgehead atoms. The van der Waals surface area contributed by atoms with Crippen LogP contribution < -0.4 is 0 Å². The number of rotatable bonds is 4. The lowest BCUT2D eigenvalue weighted by Crippen LogP contribution is -2.45. The summed E-state index contributed by atoms with van der Waals surface area (Å²) in [5.74, 6) is -0.412. The van der Waals surface area contributed by atoms with Gasteiger partial charge in [0.1, 0.15) is 4.32 Å². The van der Waals surface area contributed by atoms with Crippen molar-refractivity contribution in [3.8, 4) is 0 Å². The van der Waals surface area contributed by atoms with Crippen LogP contribution in [0.2, 0.25) is 0 Å². The van der Waals surface area contributed by atoms with Crippen LogP contribution in [0.3, 0.4) is 0 Å². The Kier molecular flexibility index (Phi) is 4.92. The number of esters is 1. The minimum absolute atomic E-state index is 0.00813. The summed E-state index contributed by atoms with van der Waals surface area (Å²) in [5, 5.41) is 9.70. The maximum atomic E-state index is 11.4. The van der Waals surface area contributed by atoms with Gasteiger partial charge in [0.05, 0.1) is 12.7 Å². The van der Waals surface area contributed by atoms with E-state index in [4.69, 9.17) is 4.74 Å². The van der Waals surface area contributed by atoms with E-state index in [0.717, 1.165) is 0 Å². The van der Waals surface area contributed by atoms with Gasteiger partial charge in [-0.1, -0.05) is 29.8 Å². The highest BCUT2D eigenvalue weighted by atomic mass is 79.9. The number of aliphatic hydroxyl groups is 1. The molecule has 0 radical (unpaired) electrons. The van der Waals surface area contributed by atoms with Gasteiger partial charge in [0.15, 0.2) is 0 Å². The van der Waals surface area contributed by atoms with Gasteiger partial charge >= 0.3 is 5.97 Å². The molecule has 78 valence electrons. The SMILES string of the molecule is CCOC(=O)[C@](C)(Br)[C@H](O)C(C)C. The molecule has 2 atom stereocenters. The third-order valence-corrected chi connectivity index (χ3v) is 2.65. The van der Waals surface area contributed by atoms with Crippen LogP contribution in [0, 0.1) is 5.92 Å². The molecular formula is C9H17BrO3. The average Bonchev–Trinajstić information content (AvgIpc) is 2.03. The molecule has 13 heavy (non-hydrogen) atoms. The molecule has 0 aliphatic heterocycles. The number of hydrogen-bond acceptors (Lipinski definition) is 3. The van der Waals surface area contributed by atoms with Gasteiger partial charge in [0, 0.05) is 0 Å². The van der Waals surface area contributed by atoms with E-state index in [1.54, 1.807) is 13.8 Å². The van der Waals surface area contributed by atoms with Crippen LogP contribution >= 0.6 is 15.9 Å². The number of hydrogen-bond donors (Lipinski definition) is 1. The molecule has 0 saturated heterocycles. The fourth-order valence-corrected chi connectivity index (χ4v) is 1.66. The minimum Gasteiger partial charge on any atom is -0.465 e. The second kappa shape index (κ2) is 4.96. The fraction of sp³-hybridized carbons (Fsp3) is 0.889. The first-order valence-corrected chi connectivity index (χ1v) is 5.17. The Morgan fingerprint density at radius 3 is 2.38 bits per heavy atom. The standard InChI is InChI=1S/C9H17BrO3/c1-5-13-8(12)9(4,10)7(11)6(2)3/h6-7,11H,5H2,1-4H3/t7-,9-/m1/s1.